The van der Waals surface area contributed by atoms with Crippen LogP contribution >= 0.6 is 0 Å². The lowest BCUT2D eigenvalue weighted by molar-refractivity contribution is -0.0299. The zero-order valence-corrected chi connectivity index (χ0v) is 17.9. The summed E-state index contributed by atoms with van der Waals surface area (Å²) in [5.41, 5.74) is 4.40. The Balaban J connectivity index is 1.46. The molecule has 0 radical (unpaired) electrons. The van der Waals surface area contributed by atoms with E-state index < -0.39 is 5.79 Å². The predicted octanol–water partition coefficient (Wildman–Crippen LogP) is 7.62. The van der Waals surface area contributed by atoms with E-state index in [1.54, 1.807) is 0 Å². The molecule has 2 heteroatoms. The fourth-order valence-electron chi connectivity index (χ4n) is 4.96. The molecule has 2 aliphatic heterocycles. The largest absolute Gasteiger partial charge is 0.445 e. The lowest BCUT2D eigenvalue weighted by Gasteiger charge is -2.37. The van der Waals surface area contributed by atoms with Crippen LogP contribution in [0.2, 0.25) is 0 Å². The van der Waals surface area contributed by atoms with E-state index in [1.165, 1.54) is 10.8 Å². The Labute approximate surface area is 192 Å². The second-order valence-corrected chi connectivity index (χ2v) is 8.54. The van der Waals surface area contributed by atoms with E-state index in [4.69, 9.17) is 9.47 Å². The minimum absolute atomic E-state index is 0.823. The molecule has 0 amide bonds. The Morgan fingerprint density at radius 1 is 0.576 bits per heavy atom. The molecule has 5 aromatic carbocycles. The second kappa shape index (κ2) is 6.85. The van der Waals surface area contributed by atoms with Crippen molar-refractivity contribution in [2.45, 2.75) is 5.79 Å². The maximum absolute atomic E-state index is 6.71. The first kappa shape index (κ1) is 18.3. The summed E-state index contributed by atoms with van der Waals surface area (Å²) in [7, 11) is 0. The first-order chi connectivity index (χ1) is 16.3. The molecule has 2 nitrogen and oxygen atoms in total. The van der Waals surface area contributed by atoms with Crippen LogP contribution in [0.4, 0.5) is 0 Å². The first-order valence-corrected chi connectivity index (χ1v) is 11.2. The summed E-state index contributed by atoms with van der Waals surface area (Å²) in [5, 5.41) is 4.60. The quantitative estimate of drug-likeness (QED) is 0.276. The smallest absolute Gasteiger partial charge is 0.292 e. The van der Waals surface area contributed by atoms with Gasteiger partial charge in [0, 0.05) is 28.7 Å². The molecule has 0 saturated heterocycles. The van der Waals surface area contributed by atoms with Crippen LogP contribution in [0, 0.1) is 0 Å². The van der Waals surface area contributed by atoms with Crippen molar-refractivity contribution in [2.75, 3.05) is 0 Å². The van der Waals surface area contributed by atoms with Crippen molar-refractivity contribution in [3.8, 4) is 11.5 Å². The van der Waals surface area contributed by atoms with Crippen molar-refractivity contribution in [1.82, 2.24) is 0 Å². The van der Waals surface area contributed by atoms with E-state index >= 15 is 0 Å². The molecular formula is C31H20O2. The Bertz CT molecular complexity index is 1610. The van der Waals surface area contributed by atoms with Crippen molar-refractivity contribution < 1.29 is 9.47 Å². The molecule has 0 aliphatic carbocycles. The minimum atomic E-state index is -1.02. The highest BCUT2D eigenvalue weighted by Gasteiger charge is 2.39. The van der Waals surface area contributed by atoms with Gasteiger partial charge in [-0.3, -0.25) is 0 Å². The topological polar surface area (TPSA) is 18.5 Å². The lowest BCUT2D eigenvalue weighted by Crippen LogP contribution is -2.42. The van der Waals surface area contributed by atoms with Gasteiger partial charge in [-0.2, -0.15) is 0 Å². The molecule has 1 spiro atoms. The van der Waals surface area contributed by atoms with Crippen molar-refractivity contribution in [2.24, 2.45) is 0 Å². The van der Waals surface area contributed by atoms with Crippen molar-refractivity contribution in [1.29, 1.82) is 0 Å². The summed E-state index contributed by atoms with van der Waals surface area (Å²) in [6.45, 7) is 0. The molecule has 1 unspecified atom stereocenters. The van der Waals surface area contributed by atoms with Gasteiger partial charge in [-0.05, 0) is 45.5 Å². The predicted molar refractivity (Wildman–Crippen MR) is 134 cm³/mol. The minimum Gasteiger partial charge on any atom is -0.445 e. The van der Waals surface area contributed by atoms with E-state index in [-0.39, 0.29) is 0 Å². The van der Waals surface area contributed by atoms with E-state index in [1.807, 2.05) is 18.2 Å². The maximum atomic E-state index is 6.71. The third kappa shape index (κ3) is 2.81. The average molecular weight is 424 g/mol. The molecule has 5 aromatic rings. The standard InChI is InChI=1S/C31H20O2/c1-2-8-21(9-3-1)28-20-31(33-30-25-13-7-5-11-23(25)14-16-27(28)30)19-18-26-24-12-6-4-10-22(24)15-17-29(26)32-31/h1-20H. The number of hydrogen-bond donors (Lipinski definition) is 0. The normalized spacial score (nSPS) is 18.4. The molecule has 156 valence electrons. The van der Waals surface area contributed by atoms with Gasteiger partial charge in [0.1, 0.15) is 11.5 Å². The fraction of sp³-hybridized carbons (Fsp3) is 0.0323. The third-order valence-corrected chi connectivity index (χ3v) is 6.54. The number of benzene rings is 5. The highest BCUT2D eigenvalue weighted by Crippen LogP contribution is 2.47. The summed E-state index contributed by atoms with van der Waals surface area (Å²) < 4.78 is 13.3. The summed E-state index contributed by atoms with van der Waals surface area (Å²) >= 11 is 0. The third-order valence-electron chi connectivity index (χ3n) is 6.54. The van der Waals surface area contributed by atoms with E-state index in [0.717, 1.165) is 44.5 Å². The van der Waals surface area contributed by atoms with E-state index in [0.29, 0.717) is 0 Å². The van der Waals surface area contributed by atoms with Crippen LogP contribution in [0.1, 0.15) is 16.7 Å². The van der Waals surface area contributed by atoms with Crippen LogP contribution in [0.5, 0.6) is 11.5 Å². The summed E-state index contributed by atoms with van der Waals surface area (Å²) in [6, 6.07) is 35.6. The van der Waals surface area contributed by atoms with Gasteiger partial charge < -0.3 is 9.47 Å². The number of rotatable bonds is 1. The SMILES string of the molecule is C1=CC2(C=C(c3ccccc3)c3ccc4ccccc4c3O2)Oc2ccc3ccccc3c21. The first-order valence-electron chi connectivity index (χ1n) is 11.2. The molecule has 0 N–H and O–H groups in total. The molecule has 2 heterocycles. The van der Waals surface area contributed by atoms with Crippen molar-refractivity contribution in [3.05, 3.63) is 132 Å². The van der Waals surface area contributed by atoms with Gasteiger partial charge in [0.25, 0.3) is 5.79 Å². The maximum Gasteiger partial charge on any atom is 0.292 e. The monoisotopic (exact) mass is 424 g/mol. The summed E-state index contributed by atoms with van der Waals surface area (Å²) in [6.07, 6.45) is 6.28. The van der Waals surface area contributed by atoms with Crippen LogP contribution in [0.25, 0.3) is 33.2 Å². The molecule has 2 aliphatic rings. The molecular weight excluding hydrogens is 404 g/mol. The van der Waals surface area contributed by atoms with Crippen LogP contribution in [0.3, 0.4) is 0 Å². The Hall–Kier alpha value is -4.30. The molecule has 1 atom stereocenters. The van der Waals surface area contributed by atoms with Gasteiger partial charge in [-0.15, -0.1) is 0 Å². The molecule has 0 aromatic heterocycles. The van der Waals surface area contributed by atoms with Crippen LogP contribution in [0.15, 0.2) is 115 Å². The Kier molecular flexibility index (Phi) is 3.80. The van der Waals surface area contributed by atoms with Gasteiger partial charge in [-0.1, -0.05) is 91.0 Å². The molecule has 7 rings (SSSR count). The van der Waals surface area contributed by atoms with Gasteiger partial charge >= 0.3 is 0 Å². The lowest BCUT2D eigenvalue weighted by atomic mass is 9.89. The summed E-state index contributed by atoms with van der Waals surface area (Å²) in [4.78, 5) is 0. The van der Waals surface area contributed by atoms with Crippen molar-refractivity contribution >= 4 is 33.2 Å². The van der Waals surface area contributed by atoms with Gasteiger partial charge in [-0.25, -0.2) is 0 Å². The van der Waals surface area contributed by atoms with Crippen LogP contribution in [-0.2, 0) is 0 Å². The molecule has 33 heavy (non-hydrogen) atoms. The number of fused-ring (bicyclic) bond motifs is 6. The number of hydrogen-bond acceptors (Lipinski definition) is 2. The van der Waals surface area contributed by atoms with Crippen molar-refractivity contribution in [3.63, 3.8) is 0 Å². The average Bonchev–Trinajstić information content (AvgIpc) is 2.88. The molecule has 0 fully saturated rings. The molecule has 0 saturated carbocycles. The highest BCUT2D eigenvalue weighted by atomic mass is 16.7. The van der Waals surface area contributed by atoms with Gasteiger partial charge in [0.15, 0.2) is 0 Å². The van der Waals surface area contributed by atoms with E-state index in [9.17, 15) is 0 Å². The van der Waals surface area contributed by atoms with Gasteiger partial charge in [0.05, 0.1) is 0 Å². The van der Waals surface area contributed by atoms with E-state index in [2.05, 4.69) is 103 Å². The highest BCUT2D eigenvalue weighted by molar-refractivity contribution is 5.98. The second-order valence-electron chi connectivity index (χ2n) is 8.54. The zero-order valence-electron chi connectivity index (χ0n) is 17.9. The molecule has 0 bridgehead atoms. The van der Waals surface area contributed by atoms with Gasteiger partial charge in [0.2, 0.25) is 0 Å². The Morgan fingerprint density at radius 3 is 2.12 bits per heavy atom. The zero-order chi connectivity index (χ0) is 21.8. The fourth-order valence-corrected chi connectivity index (χ4v) is 4.96. The Morgan fingerprint density at radius 2 is 1.27 bits per heavy atom. The number of ether oxygens (including phenoxy) is 2. The van der Waals surface area contributed by atoms with Crippen LogP contribution in [-0.4, -0.2) is 5.79 Å². The summed E-state index contributed by atoms with van der Waals surface area (Å²) in [5.74, 6) is 0.657. The van der Waals surface area contributed by atoms with Crippen LogP contribution < -0.4 is 9.47 Å².